The van der Waals surface area contributed by atoms with Crippen molar-refractivity contribution in [1.29, 1.82) is 0 Å². The Morgan fingerprint density at radius 1 is 0.957 bits per heavy atom. The lowest BCUT2D eigenvalue weighted by Gasteiger charge is -2.29. The molecule has 2 aliphatic rings. The van der Waals surface area contributed by atoms with E-state index in [1.807, 2.05) is 0 Å². The maximum absolute atomic E-state index is 12.9. The zero-order valence-electron chi connectivity index (χ0n) is 14.7. The third-order valence-electron chi connectivity index (χ3n) is 6.32. The molecule has 1 nitrogen and oxygen atoms in total. The molecule has 2 aliphatic carbocycles. The lowest BCUT2D eigenvalue weighted by atomic mass is 9.75. The van der Waals surface area contributed by atoms with Crippen LogP contribution >= 0.6 is 0 Å². The maximum Gasteiger partial charge on any atom is 0.139 e. The van der Waals surface area contributed by atoms with E-state index in [0.717, 1.165) is 18.8 Å². The molecule has 0 spiro atoms. The van der Waals surface area contributed by atoms with E-state index >= 15 is 0 Å². The summed E-state index contributed by atoms with van der Waals surface area (Å²) in [6, 6.07) is 10.8. The van der Waals surface area contributed by atoms with Crippen LogP contribution in [-0.4, -0.2) is 5.78 Å². The second kappa shape index (κ2) is 8.13. The summed E-state index contributed by atoms with van der Waals surface area (Å²) in [5.74, 6) is 2.85. The molecule has 0 aromatic heterocycles. The average Bonchev–Trinajstić information content (AvgIpc) is 3.11. The summed E-state index contributed by atoms with van der Waals surface area (Å²) in [7, 11) is 0. The van der Waals surface area contributed by atoms with E-state index in [1.165, 1.54) is 56.9 Å². The summed E-state index contributed by atoms with van der Waals surface area (Å²) in [5.41, 5.74) is 1.44. The predicted octanol–water partition coefficient (Wildman–Crippen LogP) is 6.14. The van der Waals surface area contributed by atoms with Crippen molar-refractivity contribution in [2.75, 3.05) is 0 Å². The molecular weight excluding hydrogens is 280 g/mol. The monoisotopic (exact) mass is 312 g/mol. The number of carbonyl (C=O) groups excluding carboxylic acids is 1. The Morgan fingerprint density at radius 3 is 2.35 bits per heavy atom. The molecule has 3 rings (SSSR count). The van der Waals surface area contributed by atoms with Crippen molar-refractivity contribution in [2.45, 2.75) is 77.0 Å². The molecule has 0 aliphatic heterocycles. The minimum absolute atomic E-state index is 0.345. The molecule has 2 atom stereocenters. The van der Waals surface area contributed by atoms with E-state index in [-0.39, 0.29) is 0 Å². The second-order valence-electron chi connectivity index (χ2n) is 7.88. The van der Waals surface area contributed by atoms with Crippen LogP contribution in [0.4, 0.5) is 0 Å². The van der Waals surface area contributed by atoms with Gasteiger partial charge in [0.15, 0.2) is 0 Å². The fourth-order valence-corrected chi connectivity index (χ4v) is 4.83. The molecule has 1 aromatic rings. The van der Waals surface area contributed by atoms with Crippen molar-refractivity contribution in [3.63, 3.8) is 0 Å². The molecule has 23 heavy (non-hydrogen) atoms. The van der Waals surface area contributed by atoms with E-state index in [0.29, 0.717) is 23.5 Å². The number of rotatable bonds is 6. The average molecular weight is 312 g/mol. The quantitative estimate of drug-likeness (QED) is 0.617. The smallest absolute Gasteiger partial charge is 0.139 e. The minimum Gasteiger partial charge on any atom is -0.299 e. The lowest BCUT2D eigenvalue weighted by molar-refractivity contribution is -0.127. The van der Waals surface area contributed by atoms with Gasteiger partial charge in [0, 0.05) is 11.8 Å². The first-order valence-electron chi connectivity index (χ1n) is 9.86. The number of hydrogen-bond donors (Lipinski definition) is 0. The molecule has 0 bridgehead atoms. The molecular formula is C22H32O. The van der Waals surface area contributed by atoms with Crippen LogP contribution in [0.2, 0.25) is 0 Å². The van der Waals surface area contributed by atoms with Gasteiger partial charge in [-0.1, -0.05) is 56.5 Å². The Bertz CT molecular complexity index is 484. The molecule has 0 radical (unpaired) electrons. The van der Waals surface area contributed by atoms with Crippen molar-refractivity contribution >= 4 is 5.78 Å². The fourth-order valence-electron chi connectivity index (χ4n) is 4.83. The summed E-state index contributed by atoms with van der Waals surface area (Å²) in [6.45, 7) is 2.28. The number of unbranched alkanes of at least 4 members (excludes halogenated alkanes) is 1. The third kappa shape index (κ3) is 4.25. The van der Waals surface area contributed by atoms with E-state index in [2.05, 4.69) is 37.3 Å². The van der Waals surface area contributed by atoms with Gasteiger partial charge in [0.1, 0.15) is 5.78 Å². The summed E-state index contributed by atoms with van der Waals surface area (Å²) in [5, 5.41) is 0. The van der Waals surface area contributed by atoms with Gasteiger partial charge >= 0.3 is 0 Å². The highest BCUT2D eigenvalue weighted by Crippen LogP contribution is 2.42. The van der Waals surface area contributed by atoms with Crippen molar-refractivity contribution in [3.8, 4) is 0 Å². The first-order chi connectivity index (χ1) is 11.3. The molecule has 0 N–H and O–H groups in total. The third-order valence-corrected chi connectivity index (χ3v) is 6.32. The summed E-state index contributed by atoms with van der Waals surface area (Å²) >= 11 is 0. The number of hydrogen-bond acceptors (Lipinski definition) is 1. The normalized spacial score (nSPS) is 31.2. The second-order valence-corrected chi connectivity index (χ2v) is 7.88. The van der Waals surface area contributed by atoms with Gasteiger partial charge in [-0.2, -0.15) is 0 Å². The van der Waals surface area contributed by atoms with E-state index in [1.54, 1.807) is 0 Å². The van der Waals surface area contributed by atoms with Crippen LogP contribution in [0.15, 0.2) is 30.3 Å². The van der Waals surface area contributed by atoms with Gasteiger partial charge < -0.3 is 0 Å². The van der Waals surface area contributed by atoms with Crippen molar-refractivity contribution in [2.24, 2.45) is 17.8 Å². The van der Waals surface area contributed by atoms with Crippen molar-refractivity contribution in [1.82, 2.24) is 0 Å². The van der Waals surface area contributed by atoms with Crippen LogP contribution in [0, 0.1) is 17.8 Å². The van der Waals surface area contributed by atoms with Crippen LogP contribution < -0.4 is 0 Å². The molecule has 0 amide bonds. The lowest BCUT2D eigenvalue weighted by Crippen LogP contribution is -2.26. The van der Waals surface area contributed by atoms with Crippen LogP contribution in [0.5, 0.6) is 0 Å². The number of ketones is 1. The molecule has 2 fully saturated rings. The van der Waals surface area contributed by atoms with Crippen molar-refractivity contribution in [3.05, 3.63) is 35.9 Å². The Balaban J connectivity index is 1.48. The molecule has 0 unspecified atom stereocenters. The van der Waals surface area contributed by atoms with Gasteiger partial charge in [0.25, 0.3) is 0 Å². The maximum atomic E-state index is 12.9. The van der Waals surface area contributed by atoms with Gasteiger partial charge in [-0.25, -0.2) is 0 Å². The molecule has 0 saturated heterocycles. The molecule has 0 heterocycles. The van der Waals surface area contributed by atoms with E-state index < -0.39 is 0 Å². The molecule has 126 valence electrons. The first-order valence-corrected chi connectivity index (χ1v) is 9.86. The Labute approximate surface area is 141 Å². The van der Waals surface area contributed by atoms with E-state index in [9.17, 15) is 4.79 Å². The first kappa shape index (κ1) is 16.7. The Hall–Kier alpha value is -1.11. The highest BCUT2D eigenvalue weighted by atomic mass is 16.1. The standard InChI is InChI=1S/C22H32O/c1-2-3-7-17-10-12-19(13-11-17)22(23)21-15-14-20(16-21)18-8-5-4-6-9-18/h4-6,8-9,17,19-21H,2-3,7,10-16H2,1H3/t17?,19?,20-,21+/m1/s1. The number of Topliss-reactive ketones (excluding diaryl/α,β-unsaturated/α-hetero) is 1. The van der Waals surface area contributed by atoms with Gasteiger partial charge in [-0.15, -0.1) is 0 Å². The summed E-state index contributed by atoms with van der Waals surface area (Å²) in [4.78, 5) is 12.9. The van der Waals surface area contributed by atoms with Gasteiger partial charge in [-0.3, -0.25) is 4.79 Å². The number of benzene rings is 1. The summed E-state index contributed by atoms with van der Waals surface area (Å²) < 4.78 is 0. The Morgan fingerprint density at radius 2 is 1.65 bits per heavy atom. The van der Waals surface area contributed by atoms with Crippen LogP contribution in [0.1, 0.15) is 82.6 Å². The zero-order valence-corrected chi connectivity index (χ0v) is 14.7. The predicted molar refractivity (Wildman–Crippen MR) is 96.5 cm³/mol. The van der Waals surface area contributed by atoms with Crippen LogP contribution in [-0.2, 0) is 4.79 Å². The Kier molecular flexibility index (Phi) is 5.91. The SMILES string of the molecule is CCCCC1CCC(C(=O)[C@H]2CC[C@@H](c3ccccc3)C2)CC1. The highest BCUT2D eigenvalue weighted by Gasteiger charge is 2.35. The summed E-state index contributed by atoms with van der Waals surface area (Å²) in [6.07, 6.45) is 12.4. The zero-order chi connectivity index (χ0) is 16.1. The van der Waals surface area contributed by atoms with Crippen LogP contribution in [0.25, 0.3) is 0 Å². The molecule has 1 heteroatoms. The minimum atomic E-state index is 0.345. The van der Waals surface area contributed by atoms with Crippen LogP contribution in [0.3, 0.4) is 0 Å². The van der Waals surface area contributed by atoms with Gasteiger partial charge in [0.05, 0.1) is 0 Å². The van der Waals surface area contributed by atoms with Gasteiger partial charge in [-0.05, 0) is 62.3 Å². The largest absolute Gasteiger partial charge is 0.299 e. The van der Waals surface area contributed by atoms with Crippen molar-refractivity contribution < 1.29 is 4.79 Å². The van der Waals surface area contributed by atoms with Gasteiger partial charge in [0.2, 0.25) is 0 Å². The fraction of sp³-hybridized carbons (Fsp3) is 0.682. The molecule has 1 aromatic carbocycles. The van der Waals surface area contributed by atoms with E-state index in [4.69, 9.17) is 0 Å². The number of carbonyl (C=O) groups is 1. The topological polar surface area (TPSA) is 17.1 Å². The molecule has 2 saturated carbocycles. The highest BCUT2D eigenvalue weighted by molar-refractivity contribution is 5.83.